The van der Waals surface area contributed by atoms with Crippen LogP contribution in [0.15, 0.2) is 24.3 Å². The normalized spacial score (nSPS) is 11.0. The Balaban J connectivity index is 2.72. The maximum Gasteiger partial charge on any atom is 0.314 e. The number of benzene rings is 1. The molecule has 1 aromatic rings. The highest BCUT2D eigenvalue weighted by atomic mass is 19.3. The number of hydrogen-bond acceptors (Lipinski definition) is 1. The summed E-state index contributed by atoms with van der Waals surface area (Å²) in [5.74, 6) is -2.86. The number of carbonyl (C=O) groups is 1. The van der Waals surface area contributed by atoms with Gasteiger partial charge in [-0.2, -0.15) is 0 Å². The van der Waals surface area contributed by atoms with E-state index in [2.05, 4.69) is 10.6 Å². The van der Waals surface area contributed by atoms with Crippen molar-refractivity contribution in [1.82, 2.24) is 10.6 Å². The number of carbonyl (C=O) groups excluding carboxylic acids is 1. The molecule has 0 unspecified atom stereocenters. The third kappa shape index (κ3) is 3.49. The molecule has 1 aromatic carbocycles. The number of urea groups is 1. The fraction of sp³-hybridized carbons (Fsp3) is 0.364. The first-order chi connectivity index (χ1) is 7.43. The Labute approximate surface area is 92.8 Å². The van der Waals surface area contributed by atoms with Gasteiger partial charge in [0.2, 0.25) is 0 Å². The minimum Gasteiger partial charge on any atom is -0.341 e. The van der Waals surface area contributed by atoms with Crippen LogP contribution in [0.25, 0.3) is 0 Å². The highest BCUT2D eigenvalue weighted by molar-refractivity contribution is 5.73. The largest absolute Gasteiger partial charge is 0.341 e. The second-order valence-corrected chi connectivity index (χ2v) is 3.52. The lowest BCUT2D eigenvalue weighted by Crippen LogP contribution is -2.32. The van der Waals surface area contributed by atoms with Crippen molar-refractivity contribution in [2.75, 3.05) is 7.05 Å². The van der Waals surface area contributed by atoms with Gasteiger partial charge in [-0.05, 0) is 11.6 Å². The Bertz CT molecular complexity index is 374. The maximum absolute atomic E-state index is 13.0. The average Bonchev–Trinajstić information content (AvgIpc) is 2.25. The topological polar surface area (TPSA) is 41.1 Å². The SMILES string of the molecule is CNC(=O)NCc1cccc(C(C)(F)F)c1. The van der Waals surface area contributed by atoms with Gasteiger partial charge in [-0.3, -0.25) is 0 Å². The van der Waals surface area contributed by atoms with Crippen LogP contribution in [0, 0.1) is 0 Å². The number of rotatable bonds is 3. The first-order valence-corrected chi connectivity index (χ1v) is 4.86. The second kappa shape index (κ2) is 4.92. The van der Waals surface area contributed by atoms with E-state index in [9.17, 15) is 13.6 Å². The molecule has 3 nitrogen and oxygen atoms in total. The maximum atomic E-state index is 13.0. The number of nitrogens with one attached hydrogen (secondary N) is 2. The molecule has 0 spiro atoms. The quantitative estimate of drug-likeness (QED) is 0.818. The van der Waals surface area contributed by atoms with Crippen molar-refractivity contribution in [3.05, 3.63) is 35.4 Å². The lowest BCUT2D eigenvalue weighted by Gasteiger charge is -2.12. The van der Waals surface area contributed by atoms with Gasteiger partial charge in [-0.15, -0.1) is 0 Å². The molecule has 88 valence electrons. The molecule has 0 radical (unpaired) electrons. The van der Waals surface area contributed by atoms with Crippen molar-refractivity contribution < 1.29 is 13.6 Å². The summed E-state index contributed by atoms with van der Waals surface area (Å²) in [6, 6.07) is 5.65. The molecule has 5 heteroatoms. The zero-order valence-corrected chi connectivity index (χ0v) is 9.18. The monoisotopic (exact) mass is 228 g/mol. The molecule has 0 aliphatic heterocycles. The number of alkyl halides is 2. The van der Waals surface area contributed by atoms with E-state index in [1.807, 2.05) is 0 Å². The summed E-state index contributed by atoms with van der Waals surface area (Å²) in [6.45, 7) is 1.07. The third-order valence-electron chi connectivity index (χ3n) is 2.11. The van der Waals surface area contributed by atoms with Gasteiger partial charge in [0, 0.05) is 26.1 Å². The molecule has 2 N–H and O–H groups in total. The Hall–Kier alpha value is -1.65. The zero-order valence-electron chi connectivity index (χ0n) is 9.18. The van der Waals surface area contributed by atoms with Crippen molar-refractivity contribution in [2.24, 2.45) is 0 Å². The smallest absolute Gasteiger partial charge is 0.314 e. The van der Waals surface area contributed by atoms with Gasteiger partial charge < -0.3 is 10.6 Å². The molecule has 0 atom stereocenters. The summed E-state index contributed by atoms with van der Waals surface area (Å²) in [6.07, 6.45) is 0. The van der Waals surface area contributed by atoms with Crippen molar-refractivity contribution in [2.45, 2.75) is 19.4 Å². The van der Waals surface area contributed by atoms with E-state index < -0.39 is 5.92 Å². The van der Waals surface area contributed by atoms with Gasteiger partial charge >= 0.3 is 6.03 Å². The van der Waals surface area contributed by atoms with Gasteiger partial charge in [0.1, 0.15) is 0 Å². The van der Waals surface area contributed by atoms with Crippen LogP contribution < -0.4 is 10.6 Å². The Kier molecular flexibility index (Phi) is 3.82. The predicted octanol–water partition coefficient (Wildman–Crippen LogP) is 2.23. The Morgan fingerprint density at radius 2 is 2.12 bits per heavy atom. The molecular formula is C11H14F2N2O. The van der Waals surface area contributed by atoms with E-state index >= 15 is 0 Å². The lowest BCUT2D eigenvalue weighted by molar-refractivity contribution is 0.0174. The Morgan fingerprint density at radius 3 is 2.69 bits per heavy atom. The highest BCUT2D eigenvalue weighted by Gasteiger charge is 2.23. The molecule has 0 saturated carbocycles. The average molecular weight is 228 g/mol. The molecule has 1 rings (SSSR count). The lowest BCUT2D eigenvalue weighted by atomic mass is 10.1. The van der Waals surface area contributed by atoms with Crippen molar-refractivity contribution in [3.63, 3.8) is 0 Å². The third-order valence-corrected chi connectivity index (χ3v) is 2.11. The molecule has 2 amide bonds. The molecule has 0 aliphatic rings. The first kappa shape index (κ1) is 12.4. The Morgan fingerprint density at radius 1 is 1.44 bits per heavy atom. The van der Waals surface area contributed by atoms with Crippen LogP contribution in [-0.2, 0) is 12.5 Å². The minimum absolute atomic E-state index is 0.0521. The number of amides is 2. The second-order valence-electron chi connectivity index (χ2n) is 3.52. The highest BCUT2D eigenvalue weighted by Crippen LogP contribution is 2.27. The summed E-state index contributed by atoms with van der Waals surface area (Å²) in [5.41, 5.74) is 0.589. The van der Waals surface area contributed by atoms with E-state index in [4.69, 9.17) is 0 Å². The molecule has 0 heterocycles. The van der Waals surface area contributed by atoms with Gasteiger partial charge in [-0.1, -0.05) is 18.2 Å². The standard InChI is InChI=1S/C11H14F2N2O/c1-11(12,13)9-5-3-4-8(6-9)7-15-10(16)14-2/h3-6H,7H2,1-2H3,(H2,14,15,16). The van der Waals surface area contributed by atoms with Gasteiger partial charge in [0.05, 0.1) is 0 Å². The molecule has 0 aromatic heterocycles. The first-order valence-electron chi connectivity index (χ1n) is 4.86. The van der Waals surface area contributed by atoms with E-state index in [0.717, 1.165) is 6.92 Å². The van der Waals surface area contributed by atoms with Crippen LogP contribution in [0.3, 0.4) is 0 Å². The van der Waals surface area contributed by atoms with Crippen molar-refractivity contribution in [3.8, 4) is 0 Å². The molecule has 16 heavy (non-hydrogen) atoms. The van der Waals surface area contributed by atoms with Crippen LogP contribution in [0.4, 0.5) is 13.6 Å². The van der Waals surface area contributed by atoms with Crippen LogP contribution >= 0.6 is 0 Å². The van der Waals surface area contributed by atoms with Gasteiger partial charge in [-0.25, -0.2) is 13.6 Å². The predicted molar refractivity (Wildman–Crippen MR) is 57.3 cm³/mol. The number of hydrogen-bond donors (Lipinski definition) is 2. The van der Waals surface area contributed by atoms with Crippen LogP contribution in [0.5, 0.6) is 0 Å². The fourth-order valence-corrected chi connectivity index (χ4v) is 1.23. The van der Waals surface area contributed by atoms with E-state index in [0.29, 0.717) is 5.56 Å². The summed E-state index contributed by atoms with van der Waals surface area (Å²) < 4.78 is 26.0. The fourth-order valence-electron chi connectivity index (χ4n) is 1.23. The molecule has 0 saturated heterocycles. The van der Waals surface area contributed by atoms with Gasteiger partial charge in [0.25, 0.3) is 5.92 Å². The molecular weight excluding hydrogens is 214 g/mol. The minimum atomic E-state index is -2.86. The summed E-state index contributed by atoms with van der Waals surface area (Å²) in [7, 11) is 1.49. The van der Waals surface area contributed by atoms with Crippen molar-refractivity contribution in [1.29, 1.82) is 0 Å². The van der Waals surface area contributed by atoms with Crippen LogP contribution in [-0.4, -0.2) is 13.1 Å². The van der Waals surface area contributed by atoms with E-state index in [1.54, 1.807) is 12.1 Å². The molecule has 0 fully saturated rings. The van der Waals surface area contributed by atoms with Crippen LogP contribution in [0.1, 0.15) is 18.1 Å². The summed E-state index contributed by atoms with van der Waals surface area (Å²) in [4.78, 5) is 10.9. The summed E-state index contributed by atoms with van der Waals surface area (Å²) >= 11 is 0. The molecule has 0 aliphatic carbocycles. The molecule has 0 bridgehead atoms. The van der Waals surface area contributed by atoms with E-state index in [1.165, 1.54) is 19.2 Å². The number of halogens is 2. The zero-order chi connectivity index (χ0) is 12.2. The van der Waals surface area contributed by atoms with Gasteiger partial charge in [0.15, 0.2) is 0 Å². The van der Waals surface area contributed by atoms with Crippen molar-refractivity contribution >= 4 is 6.03 Å². The summed E-state index contributed by atoms with van der Waals surface area (Å²) in [5, 5.41) is 4.91. The van der Waals surface area contributed by atoms with Crippen LogP contribution in [0.2, 0.25) is 0 Å². The van der Waals surface area contributed by atoms with E-state index in [-0.39, 0.29) is 18.1 Å².